The predicted molar refractivity (Wildman–Crippen MR) is 55.9 cm³/mol. The standard InChI is InChI=1S/C10H15N3O/c1-13(2)7-9(14)5-8-6-12-4-3-10(8)11/h3-4,6H,5,7H2,1-2H3,(H2,11,12). The quantitative estimate of drug-likeness (QED) is 0.749. The van der Waals surface area contributed by atoms with E-state index in [9.17, 15) is 4.79 Å². The molecule has 0 atom stereocenters. The van der Waals surface area contributed by atoms with Gasteiger partial charge in [0.15, 0.2) is 5.78 Å². The third kappa shape index (κ3) is 3.14. The first-order valence-corrected chi connectivity index (χ1v) is 4.44. The lowest BCUT2D eigenvalue weighted by Gasteiger charge is -2.08. The van der Waals surface area contributed by atoms with Gasteiger partial charge < -0.3 is 10.6 Å². The number of hydrogen-bond acceptors (Lipinski definition) is 4. The smallest absolute Gasteiger partial charge is 0.151 e. The molecule has 0 fully saturated rings. The second-order valence-corrected chi connectivity index (χ2v) is 3.53. The normalized spacial score (nSPS) is 10.5. The predicted octanol–water partition coefficient (Wildman–Crippen LogP) is 0.337. The van der Waals surface area contributed by atoms with E-state index in [1.807, 2.05) is 19.0 Å². The summed E-state index contributed by atoms with van der Waals surface area (Å²) < 4.78 is 0. The van der Waals surface area contributed by atoms with Gasteiger partial charge in [-0.1, -0.05) is 0 Å². The average molecular weight is 193 g/mol. The third-order valence-electron chi connectivity index (χ3n) is 1.82. The van der Waals surface area contributed by atoms with Gasteiger partial charge in [0.25, 0.3) is 0 Å². The Morgan fingerprint density at radius 3 is 2.86 bits per heavy atom. The van der Waals surface area contributed by atoms with E-state index < -0.39 is 0 Å². The lowest BCUT2D eigenvalue weighted by atomic mass is 10.1. The van der Waals surface area contributed by atoms with Crippen molar-refractivity contribution in [2.45, 2.75) is 6.42 Å². The van der Waals surface area contributed by atoms with Crippen LogP contribution in [0, 0.1) is 0 Å². The van der Waals surface area contributed by atoms with E-state index >= 15 is 0 Å². The summed E-state index contributed by atoms with van der Waals surface area (Å²) in [5, 5.41) is 0. The highest BCUT2D eigenvalue weighted by Gasteiger charge is 2.07. The number of nitrogen functional groups attached to an aromatic ring is 1. The second kappa shape index (κ2) is 4.72. The maximum Gasteiger partial charge on any atom is 0.151 e. The maximum atomic E-state index is 11.5. The van der Waals surface area contributed by atoms with Gasteiger partial charge in [0.1, 0.15) is 0 Å². The van der Waals surface area contributed by atoms with Crippen LogP contribution in [0.1, 0.15) is 5.56 Å². The van der Waals surface area contributed by atoms with Crippen molar-refractivity contribution in [3.8, 4) is 0 Å². The summed E-state index contributed by atoms with van der Waals surface area (Å²) in [6, 6.07) is 1.71. The van der Waals surface area contributed by atoms with E-state index in [-0.39, 0.29) is 5.78 Å². The average Bonchev–Trinajstić information content (AvgIpc) is 2.07. The van der Waals surface area contributed by atoms with Crippen LogP contribution in [-0.2, 0) is 11.2 Å². The van der Waals surface area contributed by atoms with Gasteiger partial charge in [-0.25, -0.2) is 0 Å². The molecule has 0 unspecified atom stereocenters. The van der Waals surface area contributed by atoms with Crippen LogP contribution in [0.15, 0.2) is 18.5 Å². The fraction of sp³-hybridized carbons (Fsp3) is 0.400. The van der Waals surface area contributed by atoms with Gasteiger partial charge in [-0.15, -0.1) is 0 Å². The Labute approximate surface area is 83.7 Å². The van der Waals surface area contributed by atoms with Crippen LogP contribution in [-0.4, -0.2) is 36.3 Å². The van der Waals surface area contributed by atoms with Gasteiger partial charge in [0.05, 0.1) is 6.54 Å². The Kier molecular flexibility index (Phi) is 3.59. The molecule has 0 saturated heterocycles. The summed E-state index contributed by atoms with van der Waals surface area (Å²) in [6.07, 6.45) is 3.62. The molecule has 0 aliphatic carbocycles. The number of ketones is 1. The van der Waals surface area contributed by atoms with E-state index in [0.29, 0.717) is 18.7 Å². The molecule has 1 aromatic rings. The second-order valence-electron chi connectivity index (χ2n) is 3.53. The molecular formula is C10H15N3O. The Hall–Kier alpha value is -1.42. The minimum atomic E-state index is 0.148. The monoisotopic (exact) mass is 193 g/mol. The molecule has 0 aromatic carbocycles. The van der Waals surface area contributed by atoms with Crippen molar-refractivity contribution in [2.75, 3.05) is 26.4 Å². The summed E-state index contributed by atoms with van der Waals surface area (Å²) in [4.78, 5) is 17.2. The molecule has 4 heteroatoms. The number of hydrogen-bond donors (Lipinski definition) is 1. The fourth-order valence-corrected chi connectivity index (χ4v) is 1.21. The Balaban J connectivity index is 2.61. The molecule has 0 radical (unpaired) electrons. The third-order valence-corrected chi connectivity index (χ3v) is 1.82. The molecule has 0 amide bonds. The highest BCUT2D eigenvalue weighted by molar-refractivity contribution is 5.83. The highest BCUT2D eigenvalue weighted by Crippen LogP contribution is 2.09. The van der Waals surface area contributed by atoms with Crippen molar-refractivity contribution >= 4 is 11.5 Å². The number of carbonyl (C=O) groups is 1. The summed E-state index contributed by atoms with van der Waals surface area (Å²) in [5.41, 5.74) is 7.13. The lowest BCUT2D eigenvalue weighted by molar-refractivity contribution is -0.119. The fourth-order valence-electron chi connectivity index (χ4n) is 1.21. The van der Waals surface area contributed by atoms with Crippen molar-refractivity contribution in [1.29, 1.82) is 0 Å². The summed E-state index contributed by atoms with van der Waals surface area (Å²) >= 11 is 0. The lowest BCUT2D eigenvalue weighted by Crippen LogP contribution is -2.23. The molecule has 14 heavy (non-hydrogen) atoms. The Morgan fingerprint density at radius 2 is 2.29 bits per heavy atom. The molecule has 1 rings (SSSR count). The minimum absolute atomic E-state index is 0.148. The van der Waals surface area contributed by atoms with Gasteiger partial charge in [-0.2, -0.15) is 0 Å². The van der Waals surface area contributed by atoms with Crippen LogP contribution in [0.25, 0.3) is 0 Å². The molecule has 4 nitrogen and oxygen atoms in total. The molecule has 0 aliphatic heterocycles. The number of nitrogens with zero attached hydrogens (tertiary/aromatic N) is 2. The molecule has 1 aromatic heterocycles. The zero-order valence-electron chi connectivity index (χ0n) is 8.53. The van der Waals surface area contributed by atoms with Gasteiger partial charge in [-0.3, -0.25) is 9.78 Å². The van der Waals surface area contributed by atoms with Crippen molar-refractivity contribution in [3.63, 3.8) is 0 Å². The van der Waals surface area contributed by atoms with Crippen molar-refractivity contribution in [2.24, 2.45) is 0 Å². The summed E-state index contributed by atoms with van der Waals surface area (Å²) in [6.45, 7) is 0.439. The molecule has 2 N–H and O–H groups in total. The van der Waals surface area contributed by atoms with E-state index in [1.54, 1.807) is 18.5 Å². The van der Waals surface area contributed by atoms with Gasteiger partial charge in [0, 0.05) is 30.1 Å². The number of Topliss-reactive ketones (excluding diaryl/α,β-unsaturated/α-hetero) is 1. The Morgan fingerprint density at radius 1 is 1.57 bits per heavy atom. The van der Waals surface area contributed by atoms with Crippen LogP contribution >= 0.6 is 0 Å². The molecule has 0 saturated carbocycles. The van der Waals surface area contributed by atoms with E-state index in [2.05, 4.69) is 4.98 Å². The first-order valence-electron chi connectivity index (χ1n) is 4.44. The number of pyridine rings is 1. The summed E-state index contributed by atoms with van der Waals surface area (Å²) in [7, 11) is 3.73. The number of rotatable bonds is 4. The van der Waals surface area contributed by atoms with Crippen molar-refractivity contribution in [1.82, 2.24) is 9.88 Å². The van der Waals surface area contributed by atoms with E-state index in [0.717, 1.165) is 5.56 Å². The van der Waals surface area contributed by atoms with Gasteiger partial charge >= 0.3 is 0 Å². The maximum absolute atomic E-state index is 11.5. The zero-order chi connectivity index (χ0) is 10.6. The van der Waals surface area contributed by atoms with Gasteiger partial charge in [0.2, 0.25) is 0 Å². The number of carbonyl (C=O) groups excluding carboxylic acids is 1. The van der Waals surface area contributed by atoms with Crippen molar-refractivity contribution < 1.29 is 4.79 Å². The molecule has 0 aliphatic rings. The first kappa shape index (κ1) is 10.7. The van der Waals surface area contributed by atoms with Gasteiger partial charge in [-0.05, 0) is 20.2 Å². The van der Waals surface area contributed by atoms with Crippen LogP contribution in [0.3, 0.4) is 0 Å². The van der Waals surface area contributed by atoms with Crippen LogP contribution in [0.2, 0.25) is 0 Å². The Bertz CT molecular complexity index is 323. The van der Waals surface area contributed by atoms with E-state index in [4.69, 9.17) is 5.73 Å². The number of likely N-dealkylation sites (N-methyl/N-ethyl adjacent to an activating group) is 1. The van der Waals surface area contributed by atoms with Crippen LogP contribution in [0.5, 0.6) is 0 Å². The highest BCUT2D eigenvalue weighted by atomic mass is 16.1. The minimum Gasteiger partial charge on any atom is -0.398 e. The van der Waals surface area contributed by atoms with E-state index in [1.165, 1.54) is 0 Å². The molecule has 1 heterocycles. The van der Waals surface area contributed by atoms with Crippen LogP contribution in [0.4, 0.5) is 5.69 Å². The first-order chi connectivity index (χ1) is 6.59. The molecule has 0 bridgehead atoms. The topological polar surface area (TPSA) is 59.2 Å². The largest absolute Gasteiger partial charge is 0.398 e. The van der Waals surface area contributed by atoms with Crippen LogP contribution < -0.4 is 5.73 Å². The molecule has 76 valence electrons. The molecule has 0 spiro atoms. The molecular weight excluding hydrogens is 178 g/mol. The number of nitrogens with two attached hydrogens (primary N) is 1. The number of aromatic nitrogens is 1. The SMILES string of the molecule is CN(C)CC(=O)Cc1cnccc1N. The number of anilines is 1. The zero-order valence-corrected chi connectivity index (χ0v) is 8.53. The van der Waals surface area contributed by atoms with Crippen molar-refractivity contribution in [3.05, 3.63) is 24.0 Å². The summed E-state index contributed by atoms with van der Waals surface area (Å²) in [5.74, 6) is 0.148.